The number of amides is 2. The Balaban J connectivity index is 2.36. The van der Waals surface area contributed by atoms with Crippen molar-refractivity contribution in [3.05, 3.63) is 0 Å². The highest BCUT2D eigenvalue weighted by molar-refractivity contribution is 5.74. The summed E-state index contributed by atoms with van der Waals surface area (Å²) >= 11 is 0. The quantitative estimate of drug-likeness (QED) is 0.644. The van der Waals surface area contributed by atoms with Crippen LogP contribution in [0.4, 0.5) is 9.59 Å². The molecule has 2 amide bonds. The molecule has 0 aliphatic carbocycles. The lowest BCUT2D eigenvalue weighted by Crippen LogP contribution is -2.56. The first-order valence-corrected chi connectivity index (χ1v) is 3.54. The van der Waals surface area contributed by atoms with Gasteiger partial charge in [-0.15, -0.1) is 0 Å². The highest BCUT2D eigenvalue weighted by Crippen LogP contribution is 2.16. The van der Waals surface area contributed by atoms with Gasteiger partial charge in [0, 0.05) is 13.6 Å². The van der Waals surface area contributed by atoms with E-state index in [0.29, 0.717) is 6.54 Å². The Bertz CT molecular complexity index is 206. The van der Waals surface area contributed by atoms with Crippen molar-refractivity contribution in [1.82, 2.24) is 10.2 Å². The number of rotatable bonds is 2. The summed E-state index contributed by atoms with van der Waals surface area (Å²) in [5.74, 6) is 0. The molecule has 1 aliphatic heterocycles. The molecular weight excluding hydrogens is 164 g/mol. The monoisotopic (exact) mass is 174 g/mol. The van der Waals surface area contributed by atoms with Gasteiger partial charge in [-0.2, -0.15) is 0 Å². The van der Waals surface area contributed by atoms with E-state index < -0.39 is 18.6 Å². The van der Waals surface area contributed by atoms with E-state index in [-0.39, 0.29) is 0 Å². The third-order valence-electron chi connectivity index (χ3n) is 1.44. The van der Waals surface area contributed by atoms with Gasteiger partial charge in [-0.3, -0.25) is 0 Å². The number of ether oxygens (including phenoxy) is 2. The summed E-state index contributed by atoms with van der Waals surface area (Å²) in [6, 6.07) is 0. The average molecular weight is 174 g/mol. The third kappa shape index (κ3) is 1.41. The number of carbonyl (C=O) groups excluding carboxylic acids is 2. The van der Waals surface area contributed by atoms with E-state index in [4.69, 9.17) is 0 Å². The van der Waals surface area contributed by atoms with Gasteiger partial charge in [-0.05, 0) is 6.92 Å². The smallest absolute Gasteiger partial charge is 0.389 e. The molecule has 1 atom stereocenters. The second kappa shape index (κ2) is 3.29. The lowest BCUT2D eigenvalue weighted by Gasteiger charge is -2.36. The molecule has 0 bridgehead atoms. The van der Waals surface area contributed by atoms with E-state index in [0.717, 1.165) is 0 Å². The largest absolute Gasteiger partial charge is 0.419 e. The van der Waals surface area contributed by atoms with Crippen molar-refractivity contribution < 1.29 is 19.1 Å². The number of carbonyl (C=O) groups is 2. The summed E-state index contributed by atoms with van der Waals surface area (Å²) in [5.41, 5.74) is 0. The summed E-state index contributed by atoms with van der Waals surface area (Å²) < 4.78 is 9.16. The van der Waals surface area contributed by atoms with Crippen LogP contribution in [-0.4, -0.2) is 37.1 Å². The first kappa shape index (κ1) is 8.63. The van der Waals surface area contributed by atoms with Crippen molar-refractivity contribution in [2.24, 2.45) is 0 Å². The molecule has 6 heteroatoms. The molecule has 1 heterocycles. The first-order valence-electron chi connectivity index (χ1n) is 3.54. The number of hydrogen-bond donors (Lipinski definition) is 1. The summed E-state index contributed by atoms with van der Waals surface area (Å²) in [6.45, 7) is 2.22. The topological polar surface area (TPSA) is 67.9 Å². The molecule has 68 valence electrons. The van der Waals surface area contributed by atoms with Gasteiger partial charge in [0.25, 0.3) is 0 Å². The van der Waals surface area contributed by atoms with Gasteiger partial charge in [-0.1, -0.05) is 0 Å². The van der Waals surface area contributed by atoms with Gasteiger partial charge in [0.1, 0.15) is 0 Å². The second-order valence-corrected chi connectivity index (χ2v) is 2.13. The fourth-order valence-electron chi connectivity index (χ4n) is 0.771. The Hall–Kier alpha value is -1.46. The summed E-state index contributed by atoms with van der Waals surface area (Å²) in [7, 11) is 1.43. The van der Waals surface area contributed by atoms with Crippen molar-refractivity contribution in [1.29, 1.82) is 0 Å². The standard InChI is InChI=1S/C6H10N2O4/c1-3-8-5(10)12-6(8)11-4(9)7-2/h6H,3H2,1-2H3,(H,7,9). The molecule has 12 heavy (non-hydrogen) atoms. The van der Waals surface area contributed by atoms with Gasteiger partial charge < -0.3 is 14.8 Å². The number of nitrogens with one attached hydrogen (secondary N) is 1. The Morgan fingerprint density at radius 1 is 1.83 bits per heavy atom. The summed E-state index contributed by atoms with van der Waals surface area (Å²) in [6.07, 6.45) is -1.94. The van der Waals surface area contributed by atoms with E-state index in [9.17, 15) is 9.59 Å². The predicted octanol–water partition coefficient (Wildman–Crippen LogP) is 0.0981. The van der Waals surface area contributed by atoms with Crippen LogP contribution < -0.4 is 5.32 Å². The molecule has 0 radical (unpaired) electrons. The van der Waals surface area contributed by atoms with Crippen molar-refractivity contribution >= 4 is 12.2 Å². The fraction of sp³-hybridized carbons (Fsp3) is 0.667. The van der Waals surface area contributed by atoms with Crippen LogP contribution in [0.25, 0.3) is 0 Å². The van der Waals surface area contributed by atoms with Crippen LogP contribution >= 0.6 is 0 Å². The van der Waals surface area contributed by atoms with Gasteiger partial charge in [-0.25, -0.2) is 14.5 Å². The zero-order valence-corrected chi connectivity index (χ0v) is 6.86. The Labute approximate surface area is 69.4 Å². The van der Waals surface area contributed by atoms with Crippen LogP contribution in [0.1, 0.15) is 6.92 Å². The van der Waals surface area contributed by atoms with Crippen molar-refractivity contribution in [3.63, 3.8) is 0 Å². The molecule has 1 unspecified atom stereocenters. The van der Waals surface area contributed by atoms with Gasteiger partial charge >= 0.3 is 18.6 Å². The van der Waals surface area contributed by atoms with Gasteiger partial charge in [0.15, 0.2) is 0 Å². The Kier molecular flexibility index (Phi) is 2.37. The average Bonchev–Trinajstić information content (AvgIpc) is 2.04. The van der Waals surface area contributed by atoms with Crippen molar-refractivity contribution in [2.45, 2.75) is 13.3 Å². The summed E-state index contributed by atoms with van der Waals surface area (Å²) in [5, 5.41) is 2.24. The van der Waals surface area contributed by atoms with E-state index >= 15 is 0 Å². The maximum absolute atomic E-state index is 10.6. The number of nitrogens with zero attached hydrogens (tertiary/aromatic N) is 1. The number of cyclic esters (lactones) is 1. The molecule has 1 rings (SSSR count). The lowest BCUT2D eigenvalue weighted by atomic mass is 10.6. The van der Waals surface area contributed by atoms with Crippen LogP contribution in [0.5, 0.6) is 0 Å². The molecule has 1 fully saturated rings. The van der Waals surface area contributed by atoms with Crippen LogP contribution in [0.15, 0.2) is 0 Å². The molecule has 0 spiro atoms. The first-order chi connectivity index (χ1) is 5.69. The van der Waals surface area contributed by atoms with E-state index in [1.807, 2.05) is 0 Å². The van der Waals surface area contributed by atoms with E-state index in [1.54, 1.807) is 6.92 Å². The third-order valence-corrected chi connectivity index (χ3v) is 1.44. The normalized spacial score (nSPS) is 21.0. The summed E-state index contributed by atoms with van der Waals surface area (Å²) in [4.78, 5) is 22.6. The molecule has 1 saturated heterocycles. The number of alkyl carbamates (subject to hydrolysis) is 1. The minimum atomic E-state index is -0.859. The zero-order valence-electron chi connectivity index (χ0n) is 6.86. The zero-order chi connectivity index (χ0) is 9.14. The molecule has 0 aromatic carbocycles. The molecule has 0 saturated carbocycles. The van der Waals surface area contributed by atoms with Crippen LogP contribution in [-0.2, 0) is 9.47 Å². The predicted molar refractivity (Wildman–Crippen MR) is 38.2 cm³/mol. The second-order valence-electron chi connectivity index (χ2n) is 2.13. The minimum Gasteiger partial charge on any atom is -0.389 e. The fourth-order valence-corrected chi connectivity index (χ4v) is 0.771. The maximum Gasteiger partial charge on any atom is 0.419 e. The highest BCUT2D eigenvalue weighted by atomic mass is 16.8. The SMILES string of the molecule is CCN1C(=O)OC1OC(=O)NC. The molecule has 0 aromatic heterocycles. The van der Waals surface area contributed by atoms with Crippen LogP contribution in [0, 0.1) is 0 Å². The molecule has 6 nitrogen and oxygen atoms in total. The van der Waals surface area contributed by atoms with Crippen LogP contribution in [0.3, 0.4) is 0 Å². The molecule has 0 aromatic rings. The van der Waals surface area contributed by atoms with Crippen LogP contribution in [0.2, 0.25) is 0 Å². The van der Waals surface area contributed by atoms with Gasteiger partial charge in [0.2, 0.25) is 0 Å². The van der Waals surface area contributed by atoms with E-state index in [1.165, 1.54) is 11.9 Å². The van der Waals surface area contributed by atoms with Crippen molar-refractivity contribution in [2.75, 3.05) is 13.6 Å². The lowest BCUT2D eigenvalue weighted by molar-refractivity contribution is -0.213. The van der Waals surface area contributed by atoms with E-state index in [2.05, 4.69) is 14.8 Å². The molecule has 1 N–H and O–H groups in total. The van der Waals surface area contributed by atoms with Gasteiger partial charge in [0.05, 0.1) is 0 Å². The molecule has 1 aliphatic rings. The minimum absolute atomic E-state index is 0.459. The maximum atomic E-state index is 10.6. The Morgan fingerprint density at radius 3 is 2.92 bits per heavy atom. The number of hydrogen-bond acceptors (Lipinski definition) is 4. The Morgan fingerprint density at radius 2 is 2.50 bits per heavy atom. The molecular formula is C6H10N2O4. The highest BCUT2D eigenvalue weighted by Gasteiger charge is 2.40. The van der Waals surface area contributed by atoms with Crippen molar-refractivity contribution in [3.8, 4) is 0 Å².